The van der Waals surface area contributed by atoms with E-state index in [4.69, 9.17) is 16.3 Å². The molecule has 0 saturated heterocycles. The number of carbonyl (C=O) groups excluding carboxylic acids is 1. The van der Waals surface area contributed by atoms with Gasteiger partial charge in [-0.1, -0.05) is 41.4 Å². The molecule has 3 rings (SSSR count). The molecular formula is C22H22ClN3O2. The monoisotopic (exact) mass is 395 g/mol. The van der Waals surface area contributed by atoms with Crippen molar-refractivity contribution in [2.75, 3.05) is 17.7 Å². The molecule has 0 radical (unpaired) electrons. The average Bonchev–Trinajstić information content (AvgIpc) is 2.70. The number of anilines is 2. The van der Waals surface area contributed by atoms with Gasteiger partial charge in [0.2, 0.25) is 0 Å². The number of pyridine rings is 1. The molecule has 1 heterocycles. The summed E-state index contributed by atoms with van der Waals surface area (Å²) in [6.45, 7) is 4.62. The molecule has 2 aromatic carbocycles. The largest absolute Gasteiger partial charge is 0.495 e. The predicted molar refractivity (Wildman–Crippen MR) is 113 cm³/mol. The molecule has 1 amide bonds. The third-order valence-electron chi connectivity index (χ3n) is 4.34. The molecule has 6 heteroatoms. The minimum Gasteiger partial charge on any atom is -0.495 e. The molecule has 0 fully saturated rings. The minimum absolute atomic E-state index is 0.315. The quantitative estimate of drug-likeness (QED) is 0.600. The fraction of sp³-hybridized carbons (Fsp3) is 0.182. The number of carbonyl (C=O) groups is 1. The summed E-state index contributed by atoms with van der Waals surface area (Å²) in [5.41, 5.74) is 4.97. The van der Waals surface area contributed by atoms with Crippen LogP contribution in [0.4, 0.5) is 11.4 Å². The van der Waals surface area contributed by atoms with Crippen LogP contribution in [0.15, 0.2) is 54.7 Å². The molecule has 0 spiro atoms. The highest BCUT2D eigenvalue weighted by Gasteiger charge is 2.13. The molecule has 0 unspecified atom stereocenters. The number of nitrogens with one attached hydrogen (secondary N) is 2. The van der Waals surface area contributed by atoms with Crippen LogP contribution in [0.3, 0.4) is 0 Å². The van der Waals surface area contributed by atoms with Gasteiger partial charge in [-0.05, 0) is 43.2 Å². The first-order valence-corrected chi connectivity index (χ1v) is 9.25. The Kier molecular flexibility index (Phi) is 6.16. The van der Waals surface area contributed by atoms with Crippen LogP contribution in [-0.4, -0.2) is 18.0 Å². The zero-order valence-electron chi connectivity index (χ0n) is 16.0. The molecule has 3 aromatic rings. The molecule has 0 atom stereocenters. The van der Waals surface area contributed by atoms with E-state index in [9.17, 15) is 4.79 Å². The van der Waals surface area contributed by atoms with Crippen molar-refractivity contribution in [2.24, 2.45) is 0 Å². The summed E-state index contributed by atoms with van der Waals surface area (Å²) in [5.74, 6) is 0.186. The normalized spacial score (nSPS) is 10.4. The van der Waals surface area contributed by atoms with E-state index >= 15 is 0 Å². The first-order chi connectivity index (χ1) is 13.5. The van der Waals surface area contributed by atoms with Gasteiger partial charge in [0.25, 0.3) is 5.91 Å². The fourth-order valence-electron chi connectivity index (χ4n) is 2.66. The molecule has 5 nitrogen and oxygen atoms in total. The number of methoxy groups -OCH3 is 1. The Morgan fingerprint density at radius 1 is 1.11 bits per heavy atom. The lowest BCUT2D eigenvalue weighted by Gasteiger charge is -2.12. The lowest BCUT2D eigenvalue weighted by Crippen LogP contribution is -2.14. The third-order valence-corrected chi connectivity index (χ3v) is 4.75. The van der Waals surface area contributed by atoms with Crippen molar-refractivity contribution < 1.29 is 9.53 Å². The minimum atomic E-state index is -0.315. The SMILES string of the molecule is COc1cc(Cl)c(C)cc1NC(=O)c1ccc(NCc2ccc(C)cc2)cn1. The second-order valence-corrected chi connectivity index (χ2v) is 6.93. The van der Waals surface area contributed by atoms with Gasteiger partial charge in [-0.3, -0.25) is 4.79 Å². The van der Waals surface area contributed by atoms with Crippen molar-refractivity contribution >= 4 is 28.9 Å². The van der Waals surface area contributed by atoms with E-state index < -0.39 is 0 Å². The molecule has 0 aliphatic rings. The molecule has 28 heavy (non-hydrogen) atoms. The number of ether oxygens (including phenoxy) is 1. The summed E-state index contributed by atoms with van der Waals surface area (Å²) in [7, 11) is 1.53. The second kappa shape index (κ2) is 8.76. The van der Waals surface area contributed by atoms with E-state index in [2.05, 4.69) is 46.8 Å². The Morgan fingerprint density at radius 2 is 1.86 bits per heavy atom. The van der Waals surface area contributed by atoms with Crippen molar-refractivity contribution in [3.05, 3.63) is 82.1 Å². The van der Waals surface area contributed by atoms with Crippen LogP contribution in [0.1, 0.15) is 27.2 Å². The maximum absolute atomic E-state index is 12.5. The highest BCUT2D eigenvalue weighted by molar-refractivity contribution is 6.31. The van der Waals surface area contributed by atoms with Gasteiger partial charge in [0.05, 0.1) is 24.7 Å². The van der Waals surface area contributed by atoms with Crippen molar-refractivity contribution in [3.63, 3.8) is 0 Å². The van der Waals surface area contributed by atoms with Gasteiger partial charge >= 0.3 is 0 Å². The molecule has 144 valence electrons. The first kappa shape index (κ1) is 19.7. The number of hydrogen-bond acceptors (Lipinski definition) is 4. The molecule has 0 aliphatic heterocycles. The number of rotatable bonds is 6. The van der Waals surface area contributed by atoms with Crippen molar-refractivity contribution in [2.45, 2.75) is 20.4 Å². The predicted octanol–water partition coefficient (Wildman–Crippen LogP) is 5.22. The van der Waals surface area contributed by atoms with Gasteiger partial charge in [0.15, 0.2) is 0 Å². The van der Waals surface area contributed by atoms with Crippen LogP contribution in [-0.2, 0) is 6.54 Å². The first-order valence-electron chi connectivity index (χ1n) is 8.87. The molecule has 0 saturated carbocycles. The highest BCUT2D eigenvalue weighted by atomic mass is 35.5. The van der Waals surface area contributed by atoms with Crippen LogP contribution in [0, 0.1) is 13.8 Å². The van der Waals surface area contributed by atoms with Crippen LogP contribution in [0.25, 0.3) is 0 Å². The lowest BCUT2D eigenvalue weighted by atomic mass is 10.1. The number of benzene rings is 2. The van der Waals surface area contributed by atoms with E-state index in [1.165, 1.54) is 18.2 Å². The van der Waals surface area contributed by atoms with E-state index in [-0.39, 0.29) is 5.91 Å². The number of halogens is 1. The Morgan fingerprint density at radius 3 is 2.50 bits per heavy atom. The Hall–Kier alpha value is -3.05. The molecular weight excluding hydrogens is 374 g/mol. The van der Waals surface area contributed by atoms with Gasteiger partial charge in [0, 0.05) is 17.6 Å². The summed E-state index contributed by atoms with van der Waals surface area (Å²) in [5, 5.41) is 6.70. The Balaban J connectivity index is 1.65. The zero-order valence-corrected chi connectivity index (χ0v) is 16.8. The summed E-state index contributed by atoms with van der Waals surface area (Å²) < 4.78 is 5.29. The van der Waals surface area contributed by atoms with Gasteiger partial charge in [-0.2, -0.15) is 0 Å². The van der Waals surface area contributed by atoms with Crippen LogP contribution in [0.2, 0.25) is 5.02 Å². The van der Waals surface area contributed by atoms with E-state index in [0.717, 1.165) is 11.3 Å². The van der Waals surface area contributed by atoms with Crippen LogP contribution >= 0.6 is 11.6 Å². The molecule has 0 bridgehead atoms. The zero-order chi connectivity index (χ0) is 20.1. The summed E-state index contributed by atoms with van der Waals surface area (Å²) in [6.07, 6.45) is 1.65. The van der Waals surface area contributed by atoms with Crippen LogP contribution in [0.5, 0.6) is 5.75 Å². The van der Waals surface area contributed by atoms with E-state index in [1.54, 1.807) is 24.4 Å². The maximum atomic E-state index is 12.5. The second-order valence-electron chi connectivity index (χ2n) is 6.53. The smallest absolute Gasteiger partial charge is 0.274 e. The van der Waals surface area contributed by atoms with Crippen molar-refractivity contribution in [1.29, 1.82) is 0 Å². The summed E-state index contributed by atoms with van der Waals surface area (Å²) >= 11 is 6.11. The van der Waals surface area contributed by atoms with Gasteiger partial charge in [-0.25, -0.2) is 4.98 Å². The van der Waals surface area contributed by atoms with Gasteiger partial charge < -0.3 is 15.4 Å². The standard InChI is InChI=1S/C22H22ClN3O2/c1-14-4-6-16(7-5-14)12-24-17-8-9-19(25-13-17)22(27)26-20-10-15(2)18(23)11-21(20)28-3/h4-11,13,24H,12H2,1-3H3,(H,26,27). The molecule has 0 aliphatic carbocycles. The number of aromatic nitrogens is 1. The van der Waals surface area contributed by atoms with Crippen LogP contribution < -0.4 is 15.4 Å². The van der Waals surface area contributed by atoms with Crippen molar-refractivity contribution in [1.82, 2.24) is 4.98 Å². The highest BCUT2D eigenvalue weighted by Crippen LogP contribution is 2.31. The number of nitrogens with zero attached hydrogens (tertiary/aromatic N) is 1. The molecule has 1 aromatic heterocycles. The Bertz CT molecular complexity index is 970. The van der Waals surface area contributed by atoms with E-state index in [0.29, 0.717) is 28.7 Å². The van der Waals surface area contributed by atoms with Gasteiger partial charge in [-0.15, -0.1) is 0 Å². The average molecular weight is 396 g/mol. The maximum Gasteiger partial charge on any atom is 0.274 e. The third kappa shape index (κ3) is 4.81. The lowest BCUT2D eigenvalue weighted by molar-refractivity contribution is 0.102. The van der Waals surface area contributed by atoms with Gasteiger partial charge in [0.1, 0.15) is 11.4 Å². The number of aryl methyl sites for hydroxylation is 2. The van der Waals surface area contributed by atoms with E-state index in [1.807, 2.05) is 13.0 Å². The summed E-state index contributed by atoms with van der Waals surface area (Å²) in [6, 6.07) is 15.3. The number of hydrogen-bond donors (Lipinski definition) is 2. The Labute approximate surface area is 169 Å². The fourth-order valence-corrected chi connectivity index (χ4v) is 2.81. The number of amides is 1. The molecule has 2 N–H and O–H groups in total. The van der Waals surface area contributed by atoms with Crippen molar-refractivity contribution in [3.8, 4) is 5.75 Å². The topological polar surface area (TPSA) is 63.2 Å². The summed E-state index contributed by atoms with van der Waals surface area (Å²) in [4.78, 5) is 16.8.